The van der Waals surface area contributed by atoms with Crippen LogP contribution >= 0.6 is 0 Å². The molecule has 0 radical (unpaired) electrons. The Morgan fingerprint density at radius 2 is 2.00 bits per heavy atom. The molecule has 0 saturated carbocycles. The second-order valence-corrected chi connectivity index (χ2v) is 5.12. The summed E-state index contributed by atoms with van der Waals surface area (Å²) in [6, 6.07) is 6.23. The van der Waals surface area contributed by atoms with Crippen LogP contribution in [0.15, 0.2) is 18.2 Å². The summed E-state index contributed by atoms with van der Waals surface area (Å²) in [7, 11) is 4.35. The van der Waals surface area contributed by atoms with Gasteiger partial charge >= 0.3 is 0 Å². The molecule has 1 aliphatic rings. The molecular formula is C13H23N5. The largest absolute Gasteiger partial charge is 0.397 e. The number of likely N-dealkylation sites (N-methyl/N-ethyl adjacent to an activating group) is 2. The molecule has 0 spiro atoms. The fourth-order valence-electron chi connectivity index (χ4n) is 2.24. The van der Waals surface area contributed by atoms with Crippen molar-refractivity contribution < 1.29 is 0 Å². The molecule has 1 fully saturated rings. The monoisotopic (exact) mass is 249 g/mol. The van der Waals surface area contributed by atoms with E-state index in [1.54, 1.807) is 0 Å². The quantitative estimate of drug-likeness (QED) is 0.681. The minimum absolute atomic E-state index is 0.530. The van der Waals surface area contributed by atoms with Crippen molar-refractivity contribution in [3.63, 3.8) is 0 Å². The first kappa shape index (κ1) is 13.0. The Kier molecular flexibility index (Phi) is 3.93. The lowest BCUT2D eigenvalue weighted by Gasteiger charge is -2.37. The van der Waals surface area contributed by atoms with Crippen LogP contribution in [0.25, 0.3) is 0 Å². The standard InChI is InChI=1S/C13H23N5/c1-17-5-6-18(2)11(9-17)8-16-10-3-4-12(14)13(15)7-10/h3-4,7,11,16H,5-6,8-9,14-15H2,1-2H3. The van der Waals surface area contributed by atoms with Crippen molar-refractivity contribution in [1.29, 1.82) is 0 Å². The van der Waals surface area contributed by atoms with E-state index in [2.05, 4.69) is 29.2 Å². The van der Waals surface area contributed by atoms with Gasteiger partial charge in [-0.3, -0.25) is 4.90 Å². The van der Waals surface area contributed by atoms with Gasteiger partial charge in [0.25, 0.3) is 0 Å². The van der Waals surface area contributed by atoms with Crippen LogP contribution in [0.5, 0.6) is 0 Å². The van der Waals surface area contributed by atoms with Crippen molar-refractivity contribution >= 4 is 17.1 Å². The Labute approximate surface area is 109 Å². The zero-order chi connectivity index (χ0) is 13.1. The molecule has 0 aliphatic carbocycles. The summed E-state index contributed by atoms with van der Waals surface area (Å²) in [4.78, 5) is 4.76. The third-order valence-electron chi connectivity index (χ3n) is 3.61. The normalized spacial score (nSPS) is 22.0. The van der Waals surface area contributed by atoms with Crippen LogP contribution in [-0.4, -0.2) is 56.1 Å². The van der Waals surface area contributed by atoms with E-state index in [1.165, 1.54) is 0 Å². The van der Waals surface area contributed by atoms with E-state index in [1.807, 2.05) is 18.2 Å². The number of nitrogens with two attached hydrogens (primary N) is 2. The van der Waals surface area contributed by atoms with Crippen molar-refractivity contribution in [3.8, 4) is 0 Å². The lowest BCUT2D eigenvalue weighted by atomic mass is 10.1. The molecular weight excluding hydrogens is 226 g/mol. The number of nitrogens with one attached hydrogen (secondary N) is 1. The summed E-state index contributed by atoms with van der Waals surface area (Å²) in [5.74, 6) is 0. The summed E-state index contributed by atoms with van der Waals surface area (Å²) >= 11 is 0. The van der Waals surface area contributed by atoms with Crippen LogP contribution < -0.4 is 16.8 Å². The summed E-state index contributed by atoms with van der Waals surface area (Å²) in [6.45, 7) is 4.27. The van der Waals surface area contributed by atoms with Gasteiger partial charge in [-0.1, -0.05) is 0 Å². The van der Waals surface area contributed by atoms with Gasteiger partial charge in [-0.15, -0.1) is 0 Å². The zero-order valence-corrected chi connectivity index (χ0v) is 11.2. The van der Waals surface area contributed by atoms with Crippen LogP contribution in [-0.2, 0) is 0 Å². The van der Waals surface area contributed by atoms with Crippen LogP contribution in [0.1, 0.15) is 0 Å². The predicted molar refractivity (Wildman–Crippen MR) is 77.7 cm³/mol. The molecule has 18 heavy (non-hydrogen) atoms. The third kappa shape index (κ3) is 3.05. The zero-order valence-electron chi connectivity index (χ0n) is 11.2. The molecule has 1 aromatic carbocycles. The maximum absolute atomic E-state index is 5.80. The smallest absolute Gasteiger partial charge is 0.0568 e. The minimum atomic E-state index is 0.530. The van der Waals surface area contributed by atoms with Crippen molar-refractivity contribution in [2.75, 3.05) is 57.1 Å². The highest BCUT2D eigenvalue weighted by atomic mass is 15.3. The van der Waals surface area contributed by atoms with Gasteiger partial charge in [-0.2, -0.15) is 0 Å². The number of nitrogens with zero attached hydrogens (tertiary/aromatic N) is 2. The highest BCUT2D eigenvalue weighted by Crippen LogP contribution is 2.19. The lowest BCUT2D eigenvalue weighted by Crippen LogP contribution is -2.52. The Bertz CT molecular complexity index is 406. The number of rotatable bonds is 3. The van der Waals surface area contributed by atoms with Gasteiger partial charge in [0, 0.05) is 37.9 Å². The Morgan fingerprint density at radius 3 is 2.72 bits per heavy atom. The van der Waals surface area contributed by atoms with Gasteiger partial charge in [0.15, 0.2) is 0 Å². The molecule has 1 heterocycles. The van der Waals surface area contributed by atoms with Gasteiger partial charge in [-0.05, 0) is 32.3 Å². The van der Waals surface area contributed by atoms with Gasteiger partial charge in [0.05, 0.1) is 11.4 Å². The van der Waals surface area contributed by atoms with Crippen molar-refractivity contribution in [2.45, 2.75) is 6.04 Å². The van der Waals surface area contributed by atoms with E-state index in [4.69, 9.17) is 11.5 Å². The van der Waals surface area contributed by atoms with Crippen LogP contribution in [0.4, 0.5) is 17.1 Å². The Morgan fingerprint density at radius 1 is 1.22 bits per heavy atom. The molecule has 100 valence electrons. The summed E-state index contributed by atoms with van der Waals surface area (Å²) in [5.41, 5.74) is 13.8. The minimum Gasteiger partial charge on any atom is -0.397 e. The molecule has 0 bridgehead atoms. The molecule has 1 aromatic rings. The predicted octanol–water partition coefficient (Wildman–Crippen LogP) is 0.509. The molecule has 5 nitrogen and oxygen atoms in total. The molecule has 0 amide bonds. The Hall–Kier alpha value is -1.46. The SMILES string of the molecule is CN1CCN(C)C(CNc2ccc(N)c(N)c2)C1. The van der Waals surface area contributed by atoms with Gasteiger partial charge in [0.1, 0.15) is 0 Å². The fourth-order valence-corrected chi connectivity index (χ4v) is 2.24. The molecule has 1 unspecified atom stereocenters. The maximum Gasteiger partial charge on any atom is 0.0568 e. The molecule has 5 N–H and O–H groups in total. The second kappa shape index (κ2) is 5.46. The topological polar surface area (TPSA) is 70.5 Å². The summed E-state index contributed by atoms with van der Waals surface area (Å²) in [5, 5.41) is 3.43. The number of hydrogen-bond acceptors (Lipinski definition) is 5. The molecule has 0 aromatic heterocycles. The number of benzene rings is 1. The first-order valence-corrected chi connectivity index (χ1v) is 6.34. The lowest BCUT2D eigenvalue weighted by molar-refractivity contribution is 0.122. The summed E-state index contributed by atoms with van der Waals surface area (Å²) in [6.07, 6.45) is 0. The average Bonchev–Trinajstić information content (AvgIpc) is 2.34. The molecule has 1 aliphatic heterocycles. The molecule has 5 heteroatoms. The highest BCUT2D eigenvalue weighted by molar-refractivity contribution is 5.69. The van der Waals surface area contributed by atoms with Crippen molar-refractivity contribution in [2.24, 2.45) is 0 Å². The van der Waals surface area contributed by atoms with Crippen LogP contribution in [0.2, 0.25) is 0 Å². The fraction of sp³-hybridized carbons (Fsp3) is 0.538. The third-order valence-corrected chi connectivity index (χ3v) is 3.61. The summed E-state index contributed by atoms with van der Waals surface area (Å²) < 4.78 is 0. The number of anilines is 3. The van der Waals surface area contributed by atoms with E-state index >= 15 is 0 Å². The van der Waals surface area contributed by atoms with E-state index in [0.717, 1.165) is 31.9 Å². The second-order valence-electron chi connectivity index (χ2n) is 5.12. The van der Waals surface area contributed by atoms with Gasteiger partial charge in [0.2, 0.25) is 0 Å². The first-order valence-electron chi connectivity index (χ1n) is 6.34. The molecule has 1 atom stereocenters. The van der Waals surface area contributed by atoms with E-state index in [9.17, 15) is 0 Å². The maximum atomic E-state index is 5.80. The number of hydrogen-bond donors (Lipinski definition) is 3. The van der Waals surface area contributed by atoms with E-state index in [-0.39, 0.29) is 0 Å². The van der Waals surface area contributed by atoms with Gasteiger partial charge in [-0.25, -0.2) is 0 Å². The van der Waals surface area contributed by atoms with Crippen LogP contribution in [0, 0.1) is 0 Å². The van der Waals surface area contributed by atoms with Gasteiger partial charge < -0.3 is 21.7 Å². The van der Waals surface area contributed by atoms with E-state index < -0.39 is 0 Å². The first-order chi connectivity index (χ1) is 8.56. The van der Waals surface area contributed by atoms with Crippen molar-refractivity contribution in [3.05, 3.63) is 18.2 Å². The molecule has 2 rings (SSSR count). The highest BCUT2D eigenvalue weighted by Gasteiger charge is 2.21. The number of piperazine rings is 1. The van der Waals surface area contributed by atoms with Crippen LogP contribution in [0.3, 0.4) is 0 Å². The Balaban J connectivity index is 1.92. The number of nitrogen functional groups attached to an aromatic ring is 2. The average molecular weight is 249 g/mol. The molecule has 1 saturated heterocycles. The van der Waals surface area contributed by atoms with Crippen molar-refractivity contribution in [1.82, 2.24) is 9.80 Å². The van der Waals surface area contributed by atoms with E-state index in [0.29, 0.717) is 17.4 Å².